The summed E-state index contributed by atoms with van der Waals surface area (Å²) < 4.78 is 14.9. The van der Waals surface area contributed by atoms with Crippen molar-refractivity contribution in [3.05, 3.63) is 99.4 Å². The third-order valence-corrected chi connectivity index (χ3v) is 7.09. The number of nitrogens with zero attached hydrogens (tertiary/aromatic N) is 3. The molecule has 0 unspecified atom stereocenters. The van der Waals surface area contributed by atoms with Gasteiger partial charge < -0.3 is 5.32 Å². The Morgan fingerprint density at radius 2 is 1.77 bits per heavy atom. The fourth-order valence-corrected chi connectivity index (χ4v) is 5.21. The van der Waals surface area contributed by atoms with Gasteiger partial charge in [0.15, 0.2) is 10.3 Å². The SMILES string of the molecule is O=C(CSc1nc2ccccc2c(=O)n1-c1ccc(F)cc1)Nc1nc(-c2ccccc2Cl)cs1. The first-order valence-corrected chi connectivity index (χ1v) is 12.6. The number of amides is 1. The molecule has 6 nitrogen and oxygen atoms in total. The van der Waals surface area contributed by atoms with Gasteiger partial charge >= 0.3 is 0 Å². The van der Waals surface area contributed by atoms with Gasteiger partial charge in [-0.05, 0) is 42.5 Å². The van der Waals surface area contributed by atoms with Crippen LogP contribution in [0.1, 0.15) is 0 Å². The second kappa shape index (κ2) is 9.99. The van der Waals surface area contributed by atoms with E-state index in [-0.39, 0.29) is 17.2 Å². The molecular formula is C25H16ClFN4O2S2. The van der Waals surface area contributed by atoms with E-state index >= 15 is 0 Å². The molecule has 0 aliphatic heterocycles. The van der Waals surface area contributed by atoms with E-state index in [1.165, 1.54) is 40.2 Å². The minimum Gasteiger partial charge on any atom is -0.301 e. The molecule has 0 aliphatic rings. The number of thiazole rings is 1. The van der Waals surface area contributed by atoms with Crippen molar-refractivity contribution >= 4 is 56.6 Å². The van der Waals surface area contributed by atoms with Crippen molar-refractivity contribution in [2.24, 2.45) is 0 Å². The molecule has 0 bridgehead atoms. The zero-order valence-electron chi connectivity index (χ0n) is 17.9. The summed E-state index contributed by atoms with van der Waals surface area (Å²) in [4.78, 5) is 35.0. The third-order valence-electron chi connectivity index (χ3n) is 5.06. The fraction of sp³-hybridized carbons (Fsp3) is 0.0400. The summed E-state index contributed by atoms with van der Waals surface area (Å²) in [5.74, 6) is -0.723. The summed E-state index contributed by atoms with van der Waals surface area (Å²) in [5, 5.41) is 6.37. The van der Waals surface area contributed by atoms with Crippen molar-refractivity contribution in [3.8, 4) is 16.9 Å². The average Bonchev–Trinajstić information content (AvgIpc) is 3.32. The number of benzene rings is 3. The Bertz CT molecular complexity index is 1600. The van der Waals surface area contributed by atoms with Crippen LogP contribution in [0.4, 0.5) is 9.52 Å². The monoisotopic (exact) mass is 522 g/mol. The highest BCUT2D eigenvalue weighted by molar-refractivity contribution is 7.99. The van der Waals surface area contributed by atoms with Crippen LogP contribution in [0.5, 0.6) is 0 Å². The van der Waals surface area contributed by atoms with E-state index in [0.29, 0.717) is 37.6 Å². The summed E-state index contributed by atoms with van der Waals surface area (Å²) >= 11 is 8.64. The van der Waals surface area contributed by atoms with Crippen molar-refractivity contribution in [3.63, 3.8) is 0 Å². The lowest BCUT2D eigenvalue weighted by molar-refractivity contribution is -0.113. The summed E-state index contributed by atoms with van der Waals surface area (Å²) in [7, 11) is 0. The highest BCUT2D eigenvalue weighted by Gasteiger charge is 2.16. The summed E-state index contributed by atoms with van der Waals surface area (Å²) in [6, 6.07) is 19.9. The Balaban J connectivity index is 1.38. The van der Waals surface area contributed by atoms with E-state index < -0.39 is 5.82 Å². The van der Waals surface area contributed by atoms with E-state index in [4.69, 9.17) is 11.6 Å². The molecule has 0 saturated heterocycles. The Morgan fingerprint density at radius 3 is 2.57 bits per heavy atom. The molecule has 174 valence electrons. The summed E-state index contributed by atoms with van der Waals surface area (Å²) in [5.41, 5.74) is 2.13. The molecule has 0 radical (unpaired) electrons. The van der Waals surface area contributed by atoms with Crippen LogP contribution in [0.3, 0.4) is 0 Å². The molecule has 0 saturated carbocycles. The second-order valence-corrected chi connectivity index (χ2v) is 9.59. The zero-order chi connectivity index (χ0) is 24.4. The van der Waals surface area contributed by atoms with Gasteiger partial charge in [0.1, 0.15) is 5.82 Å². The van der Waals surface area contributed by atoms with Crippen LogP contribution >= 0.6 is 34.7 Å². The topological polar surface area (TPSA) is 76.9 Å². The fourth-order valence-electron chi connectivity index (χ4n) is 3.44. The van der Waals surface area contributed by atoms with E-state index in [2.05, 4.69) is 15.3 Å². The molecule has 5 rings (SSSR count). The molecule has 5 aromatic rings. The number of para-hydroxylation sites is 1. The standard InChI is InChI=1S/C25H16ClFN4O2S2/c26-19-7-3-1-5-17(19)21-13-34-24(28-21)30-22(32)14-35-25-29-20-8-4-2-6-18(20)23(33)31(25)16-11-9-15(27)10-12-16/h1-13H,14H2,(H,28,30,32). The lowest BCUT2D eigenvalue weighted by Crippen LogP contribution is -2.23. The van der Waals surface area contributed by atoms with Crippen molar-refractivity contribution in [1.29, 1.82) is 0 Å². The van der Waals surface area contributed by atoms with Gasteiger partial charge in [0.25, 0.3) is 5.56 Å². The predicted octanol–water partition coefficient (Wildman–Crippen LogP) is 6.03. The number of carbonyl (C=O) groups excluding carboxylic acids is 1. The van der Waals surface area contributed by atoms with Crippen LogP contribution in [0, 0.1) is 5.82 Å². The van der Waals surface area contributed by atoms with E-state index in [9.17, 15) is 14.0 Å². The number of carbonyl (C=O) groups is 1. The van der Waals surface area contributed by atoms with Crippen LogP contribution < -0.4 is 10.9 Å². The second-order valence-electron chi connectivity index (χ2n) is 7.38. The minimum atomic E-state index is -0.413. The minimum absolute atomic E-state index is 0.00696. The van der Waals surface area contributed by atoms with Crippen molar-refractivity contribution in [2.75, 3.05) is 11.1 Å². The van der Waals surface area contributed by atoms with Gasteiger partial charge in [-0.1, -0.05) is 53.7 Å². The Hall–Kier alpha value is -3.53. The highest BCUT2D eigenvalue weighted by atomic mass is 35.5. The first-order chi connectivity index (χ1) is 17.0. The van der Waals surface area contributed by atoms with Crippen molar-refractivity contribution in [2.45, 2.75) is 5.16 Å². The highest BCUT2D eigenvalue weighted by Crippen LogP contribution is 2.30. The number of hydrogen-bond donors (Lipinski definition) is 1. The van der Waals surface area contributed by atoms with E-state index in [1.54, 1.807) is 30.3 Å². The molecule has 0 atom stereocenters. The molecule has 0 spiro atoms. The number of aromatic nitrogens is 3. The number of thioether (sulfide) groups is 1. The summed E-state index contributed by atoms with van der Waals surface area (Å²) in [6.07, 6.45) is 0. The first-order valence-electron chi connectivity index (χ1n) is 10.4. The number of anilines is 1. The van der Waals surface area contributed by atoms with Gasteiger partial charge in [-0.3, -0.25) is 14.2 Å². The number of hydrogen-bond acceptors (Lipinski definition) is 6. The molecular weight excluding hydrogens is 507 g/mol. The van der Waals surface area contributed by atoms with Gasteiger partial charge in [0.2, 0.25) is 5.91 Å². The Morgan fingerprint density at radius 1 is 1.03 bits per heavy atom. The lowest BCUT2D eigenvalue weighted by atomic mass is 10.2. The number of nitrogens with one attached hydrogen (secondary N) is 1. The van der Waals surface area contributed by atoms with Crippen LogP contribution in [0.25, 0.3) is 27.8 Å². The van der Waals surface area contributed by atoms with Gasteiger partial charge in [-0.2, -0.15) is 0 Å². The lowest BCUT2D eigenvalue weighted by Gasteiger charge is -2.13. The molecule has 0 fully saturated rings. The predicted molar refractivity (Wildman–Crippen MR) is 139 cm³/mol. The maximum atomic E-state index is 13.5. The van der Waals surface area contributed by atoms with Gasteiger partial charge in [0, 0.05) is 16.0 Å². The Labute approximate surface area is 212 Å². The smallest absolute Gasteiger partial charge is 0.266 e. The third kappa shape index (κ3) is 4.97. The number of rotatable bonds is 6. The molecule has 2 aromatic heterocycles. The van der Waals surface area contributed by atoms with Crippen LogP contribution in [-0.2, 0) is 4.79 Å². The van der Waals surface area contributed by atoms with Gasteiger partial charge in [-0.15, -0.1) is 11.3 Å². The molecule has 10 heteroatoms. The largest absolute Gasteiger partial charge is 0.301 e. The molecule has 3 aromatic carbocycles. The maximum absolute atomic E-state index is 13.5. The van der Waals surface area contributed by atoms with Crippen molar-refractivity contribution < 1.29 is 9.18 Å². The number of halogens is 2. The van der Waals surface area contributed by atoms with Crippen molar-refractivity contribution in [1.82, 2.24) is 14.5 Å². The molecule has 2 heterocycles. The van der Waals surface area contributed by atoms with E-state index in [0.717, 1.165) is 17.3 Å². The molecule has 1 amide bonds. The molecule has 1 N–H and O–H groups in total. The average molecular weight is 523 g/mol. The van der Waals surface area contributed by atoms with Gasteiger partial charge in [-0.25, -0.2) is 14.4 Å². The Kier molecular flexibility index (Phi) is 6.63. The van der Waals surface area contributed by atoms with Crippen LogP contribution in [-0.4, -0.2) is 26.2 Å². The molecule has 0 aliphatic carbocycles. The quantitative estimate of drug-likeness (QED) is 0.217. The van der Waals surface area contributed by atoms with Gasteiger partial charge in [0.05, 0.1) is 28.0 Å². The summed E-state index contributed by atoms with van der Waals surface area (Å²) in [6.45, 7) is 0. The maximum Gasteiger partial charge on any atom is 0.266 e. The molecule has 35 heavy (non-hydrogen) atoms. The zero-order valence-corrected chi connectivity index (χ0v) is 20.3. The van der Waals surface area contributed by atoms with Crippen LogP contribution in [0.15, 0.2) is 88.1 Å². The van der Waals surface area contributed by atoms with Crippen LogP contribution in [0.2, 0.25) is 5.02 Å². The normalized spacial score (nSPS) is 11.0. The number of fused-ring (bicyclic) bond motifs is 1. The first kappa shape index (κ1) is 23.2. The van der Waals surface area contributed by atoms with E-state index in [1.807, 2.05) is 23.6 Å².